The molecule has 28 heavy (non-hydrogen) atoms. The minimum absolute atomic E-state index is 0.104. The Bertz CT molecular complexity index is 827. The SMILES string of the molecule is O=C1CCC(N2Cc3ccc(CNC4CC5CNCC5C4)cc3C2=O)C(=O)N1. The van der Waals surface area contributed by atoms with E-state index in [9.17, 15) is 14.4 Å². The Morgan fingerprint density at radius 2 is 1.89 bits per heavy atom. The molecule has 0 radical (unpaired) electrons. The third-order valence-corrected chi connectivity index (χ3v) is 6.84. The molecule has 0 aromatic heterocycles. The van der Waals surface area contributed by atoms with Gasteiger partial charge in [-0.1, -0.05) is 12.1 Å². The summed E-state index contributed by atoms with van der Waals surface area (Å²) in [5.41, 5.74) is 2.75. The molecule has 148 valence electrons. The fraction of sp³-hybridized carbons (Fsp3) is 0.571. The Hall–Kier alpha value is -2.25. The smallest absolute Gasteiger partial charge is 0.255 e. The predicted molar refractivity (Wildman–Crippen MR) is 102 cm³/mol. The van der Waals surface area contributed by atoms with Gasteiger partial charge in [0.2, 0.25) is 11.8 Å². The van der Waals surface area contributed by atoms with E-state index < -0.39 is 6.04 Å². The number of piperidine rings is 1. The molecule has 4 aliphatic rings. The molecule has 7 heteroatoms. The first kappa shape index (κ1) is 17.8. The van der Waals surface area contributed by atoms with E-state index in [1.807, 2.05) is 12.1 Å². The van der Waals surface area contributed by atoms with Gasteiger partial charge in [-0.05, 0) is 61.4 Å². The van der Waals surface area contributed by atoms with Crippen molar-refractivity contribution < 1.29 is 14.4 Å². The van der Waals surface area contributed by atoms with E-state index in [4.69, 9.17) is 0 Å². The molecule has 3 aliphatic heterocycles. The second-order valence-electron chi connectivity index (χ2n) is 8.62. The lowest BCUT2D eigenvalue weighted by Gasteiger charge is -2.29. The van der Waals surface area contributed by atoms with Crippen molar-refractivity contribution in [1.29, 1.82) is 0 Å². The van der Waals surface area contributed by atoms with Crippen LogP contribution in [-0.4, -0.2) is 47.8 Å². The number of fused-ring (bicyclic) bond motifs is 2. The van der Waals surface area contributed by atoms with Gasteiger partial charge in [-0.25, -0.2) is 0 Å². The lowest BCUT2D eigenvalue weighted by atomic mass is 10.0. The van der Waals surface area contributed by atoms with Gasteiger partial charge in [-0.2, -0.15) is 0 Å². The van der Waals surface area contributed by atoms with Crippen molar-refractivity contribution in [3.8, 4) is 0 Å². The van der Waals surface area contributed by atoms with E-state index in [2.05, 4.69) is 22.0 Å². The summed E-state index contributed by atoms with van der Waals surface area (Å²) in [6.45, 7) is 3.49. The molecule has 3 N–H and O–H groups in total. The van der Waals surface area contributed by atoms with Crippen LogP contribution < -0.4 is 16.0 Å². The van der Waals surface area contributed by atoms with Gasteiger partial charge in [0, 0.05) is 31.1 Å². The third kappa shape index (κ3) is 3.12. The van der Waals surface area contributed by atoms with E-state index in [0.29, 0.717) is 24.6 Å². The fourth-order valence-electron chi connectivity index (χ4n) is 5.31. The highest BCUT2D eigenvalue weighted by Gasteiger charge is 2.39. The van der Waals surface area contributed by atoms with Crippen molar-refractivity contribution in [2.45, 2.75) is 50.9 Å². The number of hydrogen-bond acceptors (Lipinski definition) is 5. The number of benzene rings is 1. The first-order valence-electron chi connectivity index (χ1n) is 10.3. The number of nitrogens with one attached hydrogen (secondary N) is 3. The summed E-state index contributed by atoms with van der Waals surface area (Å²) in [6.07, 6.45) is 3.14. The number of carbonyl (C=O) groups is 3. The lowest BCUT2D eigenvalue weighted by molar-refractivity contribution is -0.136. The maximum Gasteiger partial charge on any atom is 0.255 e. The highest BCUT2D eigenvalue weighted by atomic mass is 16.2. The molecule has 1 aromatic rings. The van der Waals surface area contributed by atoms with E-state index >= 15 is 0 Å². The second-order valence-corrected chi connectivity index (χ2v) is 8.62. The number of hydrogen-bond donors (Lipinski definition) is 3. The predicted octanol–water partition coefficient (Wildman–Crippen LogP) is 0.535. The molecule has 2 saturated heterocycles. The number of nitrogens with zero attached hydrogens (tertiary/aromatic N) is 1. The standard InChI is InChI=1S/C21H26N4O3/c26-19-4-3-18(20(27)24-19)25-11-13-2-1-12(5-17(13)21(25)28)8-23-16-6-14-9-22-10-15(14)7-16/h1-2,5,14-16,18,22-23H,3-4,6-11H2,(H,24,26,27). The minimum Gasteiger partial charge on any atom is -0.322 e. The van der Waals surface area contributed by atoms with Gasteiger partial charge >= 0.3 is 0 Å². The van der Waals surface area contributed by atoms with Crippen LogP contribution in [0.25, 0.3) is 0 Å². The summed E-state index contributed by atoms with van der Waals surface area (Å²) >= 11 is 0. The topological polar surface area (TPSA) is 90.5 Å². The van der Waals surface area contributed by atoms with Gasteiger partial charge in [0.25, 0.3) is 5.91 Å². The van der Waals surface area contributed by atoms with Gasteiger partial charge in [0.15, 0.2) is 0 Å². The quantitative estimate of drug-likeness (QED) is 0.661. The van der Waals surface area contributed by atoms with Crippen LogP contribution in [0.5, 0.6) is 0 Å². The summed E-state index contributed by atoms with van der Waals surface area (Å²) in [5, 5.41) is 9.48. The van der Waals surface area contributed by atoms with Gasteiger partial charge in [0.1, 0.15) is 6.04 Å². The van der Waals surface area contributed by atoms with Crippen LogP contribution in [0.1, 0.15) is 47.2 Å². The monoisotopic (exact) mass is 382 g/mol. The van der Waals surface area contributed by atoms with E-state index in [1.54, 1.807) is 4.90 Å². The van der Waals surface area contributed by atoms with E-state index in [0.717, 1.165) is 42.6 Å². The second kappa shape index (κ2) is 6.97. The molecular weight excluding hydrogens is 356 g/mol. The summed E-state index contributed by atoms with van der Waals surface area (Å²) in [5.74, 6) is 0.890. The largest absolute Gasteiger partial charge is 0.322 e. The van der Waals surface area contributed by atoms with Crippen LogP contribution in [0, 0.1) is 11.8 Å². The first-order chi connectivity index (χ1) is 13.6. The van der Waals surface area contributed by atoms with Crippen molar-refractivity contribution >= 4 is 17.7 Å². The van der Waals surface area contributed by atoms with Crippen molar-refractivity contribution in [3.63, 3.8) is 0 Å². The summed E-state index contributed by atoms with van der Waals surface area (Å²) in [4.78, 5) is 38.0. The molecule has 3 atom stereocenters. The average molecular weight is 382 g/mol. The molecule has 1 saturated carbocycles. The average Bonchev–Trinajstić information content (AvgIpc) is 3.34. The molecule has 1 aliphatic carbocycles. The van der Waals surface area contributed by atoms with Crippen molar-refractivity contribution in [2.24, 2.45) is 11.8 Å². The summed E-state index contributed by atoms with van der Waals surface area (Å²) < 4.78 is 0. The van der Waals surface area contributed by atoms with Crippen molar-refractivity contribution in [3.05, 3.63) is 34.9 Å². The molecule has 7 nitrogen and oxygen atoms in total. The Kier molecular flexibility index (Phi) is 4.44. The van der Waals surface area contributed by atoms with Crippen LogP contribution in [0.2, 0.25) is 0 Å². The Morgan fingerprint density at radius 1 is 1.11 bits per heavy atom. The van der Waals surface area contributed by atoms with Gasteiger partial charge in [-0.3, -0.25) is 19.7 Å². The van der Waals surface area contributed by atoms with Gasteiger partial charge in [0.05, 0.1) is 0 Å². The summed E-state index contributed by atoms with van der Waals surface area (Å²) in [6, 6.07) is 6.05. The van der Waals surface area contributed by atoms with Crippen LogP contribution in [0.4, 0.5) is 0 Å². The fourth-order valence-corrected chi connectivity index (χ4v) is 5.31. The zero-order chi connectivity index (χ0) is 19.3. The van der Waals surface area contributed by atoms with Gasteiger partial charge < -0.3 is 15.5 Å². The summed E-state index contributed by atoms with van der Waals surface area (Å²) in [7, 11) is 0. The molecular formula is C21H26N4O3. The number of imide groups is 1. The maximum absolute atomic E-state index is 12.9. The number of amides is 3. The molecule has 1 aromatic carbocycles. The highest BCUT2D eigenvalue weighted by Crippen LogP contribution is 2.34. The third-order valence-electron chi connectivity index (χ3n) is 6.84. The highest BCUT2D eigenvalue weighted by molar-refractivity contribution is 6.05. The Morgan fingerprint density at radius 3 is 2.64 bits per heavy atom. The number of carbonyl (C=O) groups excluding carboxylic acids is 3. The molecule has 5 rings (SSSR count). The molecule has 0 spiro atoms. The van der Waals surface area contributed by atoms with E-state index in [1.165, 1.54) is 12.8 Å². The molecule has 3 fully saturated rings. The normalized spacial score (nSPS) is 31.9. The Balaban J connectivity index is 1.23. The molecule has 3 unspecified atom stereocenters. The molecule has 0 bridgehead atoms. The Labute approximate surface area is 164 Å². The van der Waals surface area contributed by atoms with Crippen LogP contribution in [0.15, 0.2) is 18.2 Å². The van der Waals surface area contributed by atoms with Crippen molar-refractivity contribution in [2.75, 3.05) is 13.1 Å². The molecule has 3 heterocycles. The zero-order valence-electron chi connectivity index (χ0n) is 15.9. The van der Waals surface area contributed by atoms with E-state index in [-0.39, 0.29) is 24.1 Å². The molecule has 3 amide bonds. The lowest BCUT2D eigenvalue weighted by Crippen LogP contribution is -2.52. The van der Waals surface area contributed by atoms with Crippen molar-refractivity contribution in [1.82, 2.24) is 20.9 Å². The maximum atomic E-state index is 12.9. The van der Waals surface area contributed by atoms with Crippen LogP contribution >= 0.6 is 0 Å². The zero-order valence-corrected chi connectivity index (χ0v) is 15.9. The van der Waals surface area contributed by atoms with Gasteiger partial charge in [-0.15, -0.1) is 0 Å². The number of rotatable bonds is 4. The van der Waals surface area contributed by atoms with Crippen LogP contribution in [-0.2, 0) is 22.7 Å². The van der Waals surface area contributed by atoms with Crippen LogP contribution in [0.3, 0.4) is 0 Å². The first-order valence-corrected chi connectivity index (χ1v) is 10.3. The minimum atomic E-state index is -0.550.